The molecule has 1 aliphatic heterocycles. The van der Waals surface area contributed by atoms with Crippen molar-refractivity contribution in [2.75, 3.05) is 19.6 Å². The van der Waals surface area contributed by atoms with Gasteiger partial charge >= 0.3 is 0 Å². The summed E-state index contributed by atoms with van der Waals surface area (Å²) in [4.78, 5) is 4.22. The fourth-order valence-electron chi connectivity index (χ4n) is 2.38. The molecule has 9 heteroatoms. The topological polar surface area (TPSA) is 88.3 Å². The van der Waals surface area contributed by atoms with E-state index in [2.05, 4.69) is 15.5 Å². The Bertz CT molecular complexity index is 746. The number of hydrogen-bond donors (Lipinski definition) is 1. The Kier molecular flexibility index (Phi) is 4.52. The van der Waals surface area contributed by atoms with Gasteiger partial charge in [-0.15, -0.1) is 12.4 Å². The van der Waals surface area contributed by atoms with Crippen LogP contribution in [-0.2, 0) is 10.0 Å². The highest BCUT2D eigenvalue weighted by Gasteiger charge is 2.31. The molecule has 1 aliphatic rings. The summed E-state index contributed by atoms with van der Waals surface area (Å²) >= 11 is 0. The van der Waals surface area contributed by atoms with E-state index >= 15 is 0 Å². The van der Waals surface area contributed by atoms with E-state index in [9.17, 15) is 8.42 Å². The number of nitrogens with zero attached hydrogens (tertiary/aromatic N) is 3. The zero-order valence-corrected chi connectivity index (χ0v) is 13.4. The molecule has 1 atom stereocenters. The molecule has 0 bridgehead atoms. The molecule has 21 heavy (non-hydrogen) atoms. The first-order valence-corrected chi connectivity index (χ1v) is 7.89. The summed E-state index contributed by atoms with van der Waals surface area (Å²) in [6, 6.07) is 1.51. The normalized spacial score (nSPS) is 20.4. The minimum absolute atomic E-state index is 0. The van der Waals surface area contributed by atoms with Gasteiger partial charge in [0.2, 0.25) is 10.0 Å². The molecule has 116 valence electrons. The average Bonchev–Trinajstić information content (AvgIpc) is 2.80. The van der Waals surface area contributed by atoms with Crippen LogP contribution in [0.4, 0.5) is 0 Å². The zero-order valence-electron chi connectivity index (χ0n) is 11.7. The van der Waals surface area contributed by atoms with Gasteiger partial charge in [0, 0.05) is 25.7 Å². The third-order valence-electron chi connectivity index (χ3n) is 3.53. The molecular formula is C12H17ClN4O3S. The highest BCUT2D eigenvalue weighted by Crippen LogP contribution is 2.23. The summed E-state index contributed by atoms with van der Waals surface area (Å²) in [5.41, 5.74) is 0.993. The number of halogens is 1. The number of nitrogens with one attached hydrogen (secondary N) is 1. The monoisotopic (exact) mass is 332 g/mol. The molecule has 0 aromatic carbocycles. The van der Waals surface area contributed by atoms with Crippen molar-refractivity contribution in [2.24, 2.45) is 0 Å². The minimum atomic E-state index is -3.54. The van der Waals surface area contributed by atoms with Crippen molar-refractivity contribution in [1.82, 2.24) is 19.8 Å². The van der Waals surface area contributed by atoms with Gasteiger partial charge in [-0.3, -0.25) is 0 Å². The van der Waals surface area contributed by atoms with Gasteiger partial charge in [-0.2, -0.15) is 4.31 Å². The maximum atomic E-state index is 12.7. The first kappa shape index (κ1) is 16.2. The fraction of sp³-hybridized carbons (Fsp3) is 0.500. The SMILES string of the molecule is Cc1noc2ncc(S(=O)(=O)N3CCNCC3C)cc12.Cl. The van der Waals surface area contributed by atoms with Crippen molar-refractivity contribution < 1.29 is 12.9 Å². The van der Waals surface area contributed by atoms with Gasteiger partial charge in [0.1, 0.15) is 4.90 Å². The number of aromatic nitrogens is 2. The fourth-order valence-corrected chi connectivity index (χ4v) is 3.99. The molecule has 0 saturated carbocycles. The lowest BCUT2D eigenvalue weighted by molar-refractivity contribution is 0.284. The second kappa shape index (κ2) is 5.88. The van der Waals surface area contributed by atoms with E-state index in [0.717, 1.165) is 0 Å². The zero-order chi connectivity index (χ0) is 14.3. The molecule has 7 nitrogen and oxygen atoms in total. The van der Waals surface area contributed by atoms with Gasteiger partial charge in [-0.05, 0) is 19.9 Å². The van der Waals surface area contributed by atoms with Crippen LogP contribution in [0, 0.1) is 6.92 Å². The van der Waals surface area contributed by atoms with Crippen molar-refractivity contribution in [1.29, 1.82) is 0 Å². The summed E-state index contributed by atoms with van der Waals surface area (Å²) in [7, 11) is -3.54. The van der Waals surface area contributed by atoms with Gasteiger partial charge < -0.3 is 9.84 Å². The van der Waals surface area contributed by atoms with Gasteiger partial charge in [0.05, 0.1) is 17.3 Å². The first-order valence-electron chi connectivity index (χ1n) is 6.45. The largest absolute Gasteiger partial charge is 0.336 e. The number of fused-ring (bicyclic) bond motifs is 1. The number of aryl methyl sites for hydroxylation is 1. The quantitative estimate of drug-likeness (QED) is 0.880. The second-order valence-electron chi connectivity index (χ2n) is 4.96. The van der Waals surface area contributed by atoms with Crippen LogP contribution in [0.2, 0.25) is 0 Å². The Labute approximate surface area is 129 Å². The molecule has 1 unspecified atom stereocenters. The summed E-state index contributed by atoms with van der Waals surface area (Å²) in [6.45, 7) is 5.43. The molecule has 3 rings (SSSR count). The third kappa shape index (κ3) is 2.76. The second-order valence-corrected chi connectivity index (χ2v) is 6.85. The molecule has 0 radical (unpaired) electrons. The molecule has 1 saturated heterocycles. The lowest BCUT2D eigenvalue weighted by Gasteiger charge is -2.32. The van der Waals surface area contributed by atoms with Crippen LogP contribution in [-0.4, -0.2) is 48.5 Å². The Morgan fingerprint density at radius 3 is 2.95 bits per heavy atom. The Morgan fingerprint density at radius 1 is 1.48 bits per heavy atom. The van der Waals surface area contributed by atoms with E-state index < -0.39 is 10.0 Å². The van der Waals surface area contributed by atoms with Crippen molar-refractivity contribution >= 4 is 33.5 Å². The van der Waals surface area contributed by atoms with E-state index in [-0.39, 0.29) is 23.3 Å². The maximum Gasteiger partial charge on any atom is 0.257 e. The molecule has 0 spiro atoms. The molecule has 0 amide bonds. The van der Waals surface area contributed by atoms with Gasteiger partial charge in [0.25, 0.3) is 5.71 Å². The lowest BCUT2D eigenvalue weighted by atomic mass is 10.3. The predicted molar refractivity (Wildman–Crippen MR) is 80.0 cm³/mol. The van der Waals surface area contributed by atoms with Crippen molar-refractivity contribution in [3.8, 4) is 0 Å². The van der Waals surface area contributed by atoms with Crippen molar-refractivity contribution in [3.05, 3.63) is 18.0 Å². The van der Waals surface area contributed by atoms with Crippen LogP contribution in [0.1, 0.15) is 12.6 Å². The maximum absolute atomic E-state index is 12.7. The summed E-state index contributed by atoms with van der Waals surface area (Å²) < 4.78 is 31.9. The Morgan fingerprint density at radius 2 is 2.24 bits per heavy atom. The van der Waals surface area contributed by atoms with E-state index in [1.54, 1.807) is 13.0 Å². The van der Waals surface area contributed by atoms with Crippen LogP contribution in [0.15, 0.2) is 21.7 Å². The van der Waals surface area contributed by atoms with Crippen LogP contribution >= 0.6 is 12.4 Å². The summed E-state index contributed by atoms with van der Waals surface area (Å²) in [6.07, 6.45) is 1.33. The molecular weight excluding hydrogens is 316 g/mol. The van der Waals surface area contributed by atoms with Gasteiger partial charge in [0.15, 0.2) is 0 Å². The molecule has 2 aromatic rings. The van der Waals surface area contributed by atoms with Crippen LogP contribution in [0.3, 0.4) is 0 Å². The predicted octanol–water partition coefficient (Wildman–Crippen LogP) is 0.935. The van der Waals surface area contributed by atoms with Crippen molar-refractivity contribution in [3.63, 3.8) is 0 Å². The number of rotatable bonds is 2. The minimum Gasteiger partial charge on any atom is -0.336 e. The molecule has 1 fully saturated rings. The number of sulfonamides is 1. The summed E-state index contributed by atoms with van der Waals surface area (Å²) in [5.74, 6) is 0. The number of piperazine rings is 1. The highest BCUT2D eigenvalue weighted by atomic mass is 35.5. The smallest absolute Gasteiger partial charge is 0.257 e. The van der Waals surface area contributed by atoms with Crippen LogP contribution in [0.5, 0.6) is 0 Å². The van der Waals surface area contributed by atoms with Crippen molar-refractivity contribution in [2.45, 2.75) is 24.8 Å². The van der Waals surface area contributed by atoms with E-state index in [1.165, 1.54) is 10.5 Å². The van der Waals surface area contributed by atoms with Gasteiger partial charge in [-0.1, -0.05) is 5.16 Å². The number of pyridine rings is 1. The highest BCUT2D eigenvalue weighted by molar-refractivity contribution is 7.89. The lowest BCUT2D eigenvalue weighted by Crippen LogP contribution is -2.52. The first-order chi connectivity index (χ1) is 9.50. The third-order valence-corrected chi connectivity index (χ3v) is 5.51. The van der Waals surface area contributed by atoms with E-state index in [0.29, 0.717) is 36.4 Å². The number of hydrogen-bond acceptors (Lipinski definition) is 6. The Hall–Kier alpha value is -1.22. The molecule has 2 aromatic heterocycles. The molecule has 0 aliphatic carbocycles. The van der Waals surface area contributed by atoms with Crippen LogP contribution < -0.4 is 5.32 Å². The van der Waals surface area contributed by atoms with E-state index in [4.69, 9.17) is 4.52 Å². The molecule has 1 N–H and O–H groups in total. The average molecular weight is 333 g/mol. The van der Waals surface area contributed by atoms with E-state index in [1.807, 2.05) is 6.92 Å². The summed E-state index contributed by atoms with van der Waals surface area (Å²) in [5, 5.41) is 7.60. The molecule has 3 heterocycles. The standard InChI is InChI=1S/C12H16N4O3S.ClH/c1-8-6-13-3-4-16(8)20(17,18)10-5-11-9(2)15-19-12(11)14-7-10;/h5,7-8,13H,3-4,6H2,1-2H3;1H. The Balaban J connectivity index is 0.00000161. The van der Waals surface area contributed by atoms with Crippen LogP contribution in [0.25, 0.3) is 11.1 Å². The van der Waals surface area contributed by atoms with Gasteiger partial charge in [-0.25, -0.2) is 13.4 Å².